The number of carbonyl (C=O) groups is 2. The smallest absolute Gasteiger partial charge is 0.292 e. The van der Waals surface area contributed by atoms with Crippen LogP contribution in [-0.2, 0) is 9.59 Å². The molecular weight excluding hydrogens is 417 g/mol. The molecule has 6 heteroatoms. The number of anilines is 1. The Morgan fingerprint density at radius 3 is 1.85 bits per heavy atom. The summed E-state index contributed by atoms with van der Waals surface area (Å²) in [5.41, 5.74) is 3.03. The van der Waals surface area contributed by atoms with Crippen molar-refractivity contribution in [3.05, 3.63) is 102 Å². The van der Waals surface area contributed by atoms with Gasteiger partial charge < -0.3 is 9.80 Å². The predicted molar refractivity (Wildman–Crippen MR) is 123 cm³/mol. The highest BCUT2D eigenvalue weighted by Gasteiger charge is 2.47. The first-order valence-corrected chi connectivity index (χ1v) is 11.5. The molecule has 0 aliphatic carbocycles. The van der Waals surface area contributed by atoms with Gasteiger partial charge in [0.05, 0.1) is 12.1 Å². The van der Waals surface area contributed by atoms with Crippen LogP contribution < -0.4 is 14.7 Å². The van der Waals surface area contributed by atoms with E-state index >= 15 is 0 Å². The van der Waals surface area contributed by atoms with Crippen LogP contribution in [0.2, 0.25) is 0 Å². The zero-order chi connectivity index (χ0) is 22.8. The van der Waals surface area contributed by atoms with Crippen molar-refractivity contribution in [3.63, 3.8) is 0 Å². The molecule has 0 saturated carbocycles. The molecule has 0 radical (unpaired) electrons. The monoisotopic (exact) mass is 445 g/mol. The van der Waals surface area contributed by atoms with Crippen LogP contribution in [0.4, 0.5) is 10.1 Å². The lowest BCUT2D eigenvalue weighted by Crippen LogP contribution is -3.30. The zero-order valence-corrected chi connectivity index (χ0v) is 18.4. The first-order valence-electron chi connectivity index (χ1n) is 11.5. The molecule has 0 bridgehead atoms. The lowest BCUT2D eigenvalue weighted by Gasteiger charge is -2.36. The van der Waals surface area contributed by atoms with Gasteiger partial charge in [-0.3, -0.25) is 9.59 Å². The molecule has 1 atom stereocenters. The van der Waals surface area contributed by atoms with Gasteiger partial charge in [0.1, 0.15) is 38.0 Å². The highest BCUT2D eigenvalue weighted by molar-refractivity contribution is 6.21. The van der Waals surface area contributed by atoms with Gasteiger partial charge in [0.25, 0.3) is 5.91 Å². The largest absolute Gasteiger partial charge is 0.316 e. The third-order valence-electron chi connectivity index (χ3n) is 6.93. The SMILES string of the molecule is O=C1C[C@H]([NH+]2CC[NH+](C(c3ccccc3)c3ccccc3)CC2)C(=O)N1c1ccc(F)cc1. The summed E-state index contributed by atoms with van der Waals surface area (Å²) in [6.07, 6.45) is 0.210. The van der Waals surface area contributed by atoms with Crippen molar-refractivity contribution >= 4 is 17.5 Å². The number of piperazine rings is 1. The minimum atomic E-state index is -0.384. The number of imide groups is 1. The molecule has 2 heterocycles. The van der Waals surface area contributed by atoms with Crippen LogP contribution in [-0.4, -0.2) is 44.0 Å². The fraction of sp³-hybridized carbons (Fsp3) is 0.259. The molecule has 0 spiro atoms. The van der Waals surface area contributed by atoms with Crippen molar-refractivity contribution in [2.24, 2.45) is 0 Å². The van der Waals surface area contributed by atoms with Crippen molar-refractivity contribution in [2.75, 3.05) is 31.1 Å². The van der Waals surface area contributed by atoms with Gasteiger partial charge in [-0.15, -0.1) is 0 Å². The van der Waals surface area contributed by atoms with Gasteiger partial charge in [-0.05, 0) is 24.3 Å². The molecule has 2 N–H and O–H groups in total. The second kappa shape index (κ2) is 9.25. The molecule has 5 nitrogen and oxygen atoms in total. The van der Waals surface area contributed by atoms with Gasteiger partial charge in [-0.1, -0.05) is 60.7 Å². The van der Waals surface area contributed by atoms with Crippen LogP contribution in [0.15, 0.2) is 84.9 Å². The highest BCUT2D eigenvalue weighted by atomic mass is 19.1. The van der Waals surface area contributed by atoms with Crippen LogP contribution in [0.25, 0.3) is 0 Å². The number of nitrogens with zero attached hydrogens (tertiary/aromatic N) is 1. The quantitative estimate of drug-likeness (QED) is 0.577. The number of hydrogen-bond donors (Lipinski definition) is 2. The fourth-order valence-corrected chi connectivity index (χ4v) is 5.30. The van der Waals surface area contributed by atoms with Crippen LogP contribution >= 0.6 is 0 Å². The summed E-state index contributed by atoms with van der Waals surface area (Å²) in [5, 5.41) is 0. The summed E-state index contributed by atoms with van der Waals surface area (Å²) >= 11 is 0. The van der Waals surface area contributed by atoms with Crippen LogP contribution in [0, 0.1) is 5.82 Å². The second-order valence-corrected chi connectivity index (χ2v) is 8.87. The van der Waals surface area contributed by atoms with E-state index in [4.69, 9.17) is 0 Å². The lowest BCUT2D eigenvalue weighted by atomic mass is 9.96. The molecule has 3 aromatic rings. The van der Waals surface area contributed by atoms with E-state index in [2.05, 4.69) is 48.5 Å². The summed E-state index contributed by atoms with van der Waals surface area (Å²) in [6.45, 7) is 3.48. The zero-order valence-electron chi connectivity index (χ0n) is 18.4. The van der Waals surface area contributed by atoms with E-state index in [0.29, 0.717) is 5.69 Å². The normalized spacial score (nSPS) is 23.3. The summed E-state index contributed by atoms with van der Waals surface area (Å²) in [5.74, 6) is -0.761. The topological polar surface area (TPSA) is 46.3 Å². The standard InChI is InChI=1S/C27H26FN3O2/c28-22-11-13-23(14-12-22)31-25(32)19-24(27(31)33)29-15-17-30(18-16-29)26(20-7-3-1-4-8-20)21-9-5-2-6-10-21/h1-14,24,26H,15-19H2/p+2/t24-/m0/s1. The second-order valence-electron chi connectivity index (χ2n) is 8.87. The molecule has 3 aromatic carbocycles. The van der Waals surface area contributed by atoms with E-state index in [9.17, 15) is 14.0 Å². The molecule has 2 amide bonds. The van der Waals surface area contributed by atoms with Crippen molar-refractivity contribution in [3.8, 4) is 0 Å². The number of rotatable bonds is 5. The maximum atomic E-state index is 13.3. The Bertz CT molecular complexity index is 1070. The van der Waals surface area contributed by atoms with Crippen molar-refractivity contribution < 1.29 is 23.8 Å². The molecule has 0 aromatic heterocycles. The lowest BCUT2D eigenvalue weighted by molar-refractivity contribution is -1.03. The summed E-state index contributed by atoms with van der Waals surface area (Å²) < 4.78 is 13.3. The summed E-state index contributed by atoms with van der Waals surface area (Å²) in [6, 6.07) is 26.6. The number of quaternary nitrogens is 2. The van der Waals surface area contributed by atoms with Crippen molar-refractivity contribution in [2.45, 2.75) is 18.5 Å². The van der Waals surface area contributed by atoms with Crippen LogP contribution in [0.1, 0.15) is 23.6 Å². The molecule has 0 unspecified atom stereocenters. The third kappa shape index (κ3) is 4.32. The molecule has 2 aliphatic rings. The van der Waals surface area contributed by atoms with Gasteiger partial charge >= 0.3 is 0 Å². The Hall–Kier alpha value is -3.35. The maximum Gasteiger partial charge on any atom is 0.292 e. The Labute approximate surface area is 193 Å². The number of carbonyl (C=O) groups excluding carboxylic acids is 2. The first-order chi connectivity index (χ1) is 16.1. The van der Waals surface area contributed by atoms with E-state index in [1.165, 1.54) is 50.1 Å². The fourth-order valence-electron chi connectivity index (χ4n) is 5.30. The van der Waals surface area contributed by atoms with Crippen LogP contribution in [0.3, 0.4) is 0 Å². The predicted octanol–water partition coefficient (Wildman–Crippen LogP) is 1.03. The molecule has 2 fully saturated rings. The molecule has 168 valence electrons. The van der Waals surface area contributed by atoms with Gasteiger partial charge in [0, 0.05) is 11.1 Å². The van der Waals surface area contributed by atoms with Gasteiger partial charge in [-0.2, -0.15) is 0 Å². The van der Waals surface area contributed by atoms with Gasteiger partial charge in [0.15, 0.2) is 6.04 Å². The molecule has 2 aliphatic heterocycles. The minimum absolute atomic E-state index is 0.173. The summed E-state index contributed by atoms with van der Waals surface area (Å²) in [4.78, 5) is 29.7. The Balaban J connectivity index is 1.31. The molecule has 2 saturated heterocycles. The van der Waals surface area contributed by atoms with Crippen molar-refractivity contribution in [1.82, 2.24) is 0 Å². The Morgan fingerprint density at radius 2 is 1.30 bits per heavy atom. The Kier molecular flexibility index (Phi) is 6.03. The number of benzene rings is 3. The van der Waals surface area contributed by atoms with E-state index in [-0.39, 0.29) is 36.1 Å². The minimum Gasteiger partial charge on any atom is -0.316 e. The molecule has 33 heavy (non-hydrogen) atoms. The first kappa shape index (κ1) is 21.5. The molecular formula is C27H28FN3O2+2. The van der Waals surface area contributed by atoms with E-state index in [0.717, 1.165) is 26.2 Å². The van der Waals surface area contributed by atoms with E-state index in [1.54, 1.807) is 0 Å². The Morgan fingerprint density at radius 1 is 0.758 bits per heavy atom. The van der Waals surface area contributed by atoms with Gasteiger partial charge in [-0.25, -0.2) is 9.29 Å². The van der Waals surface area contributed by atoms with Crippen LogP contribution in [0.5, 0.6) is 0 Å². The average molecular weight is 446 g/mol. The van der Waals surface area contributed by atoms with Gasteiger partial charge in [0.2, 0.25) is 5.91 Å². The number of halogens is 1. The number of amides is 2. The summed E-state index contributed by atoms with van der Waals surface area (Å²) in [7, 11) is 0. The van der Waals surface area contributed by atoms with E-state index < -0.39 is 0 Å². The number of nitrogens with one attached hydrogen (secondary N) is 2. The van der Waals surface area contributed by atoms with Crippen molar-refractivity contribution in [1.29, 1.82) is 0 Å². The molecule has 5 rings (SSSR count). The van der Waals surface area contributed by atoms with E-state index in [1.807, 2.05) is 12.1 Å². The third-order valence-corrected chi connectivity index (χ3v) is 6.93. The average Bonchev–Trinajstić information content (AvgIpc) is 3.15. The maximum absolute atomic E-state index is 13.3. The highest BCUT2D eigenvalue weighted by Crippen LogP contribution is 2.22. The number of hydrogen-bond acceptors (Lipinski definition) is 2.